The van der Waals surface area contributed by atoms with Gasteiger partial charge in [-0.1, -0.05) is 6.92 Å². The van der Waals surface area contributed by atoms with Crippen LogP contribution in [0.2, 0.25) is 0 Å². The van der Waals surface area contributed by atoms with Crippen molar-refractivity contribution in [1.82, 2.24) is 15.1 Å². The minimum Gasteiger partial charge on any atom is -0.353 e. The van der Waals surface area contributed by atoms with Gasteiger partial charge in [0, 0.05) is 37.6 Å². The number of likely N-dealkylation sites (tertiary alicyclic amines) is 2. The first-order valence-electron chi connectivity index (χ1n) is 9.64. The van der Waals surface area contributed by atoms with Crippen LogP contribution in [0.3, 0.4) is 0 Å². The fraction of sp³-hybridized carbons (Fsp3) is 0.889. The summed E-state index contributed by atoms with van der Waals surface area (Å²) < 4.78 is 0. The summed E-state index contributed by atoms with van der Waals surface area (Å²) in [6, 6.07) is 1.00. The van der Waals surface area contributed by atoms with Crippen molar-refractivity contribution >= 4 is 11.8 Å². The minimum atomic E-state index is -0.176. The third-order valence-electron chi connectivity index (χ3n) is 6.04. The number of nitrogens with zero attached hydrogens (tertiary/aromatic N) is 2. The summed E-state index contributed by atoms with van der Waals surface area (Å²) in [5.41, 5.74) is 5.92. The van der Waals surface area contributed by atoms with Crippen LogP contribution < -0.4 is 11.1 Å². The van der Waals surface area contributed by atoms with Gasteiger partial charge in [-0.05, 0) is 51.6 Å². The molecule has 3 N–H and O–H groups in total. The molecule has 0 spiro atoms. The van der Waals surface area contributed by atoms with Crippen molar-refractivity contribution in [3.8, 4) is 0 Å². The molecule has 3 aliphatic rings. The van der Waals surface area contributed by atoms with E-state index in [-0.39, 0.29) is 29.8 Å². The lowest BCUT2D eigenvalue weighted by atomic mass is 9.91. The van der Waals surface area contributed by atoms with Gasteiger partial charge in [0.05, 0.1) is 5.92 Å². The highest BCUT2D eigenvalue weighted by Gasteiger charge is 2.37. The Hall–Kier alpha value is -1.14. The van der Waals surface area contributed by atoms with Crippen molar-refractivity contribution in [2.75, 3.05) is 26.2 Å². The first-order chi connectivity index (χ1) is 11.6. The van der Waals surface area contributed by atoms with Gasteiger partial charge in [0.15, 0.2) is 0 Å². The monoisotopic (exact) mass is 336 g/mol. The van der Waals surface area contributed by atoms with E-state index in [9.17, 15) is 9.59 Å². The van der Waals surface area contributed by atoms with Gasteiger partial charge < -0.3 is 16.0 Å². The Balaban J connectivity index is 1.48. The molecule has 136 valence electrons. The van der Waals surface area contributed by atoms with Gasteiger partial charge in [-0.3, -0.25) is 14.5 Å². The van der Waals surface area contributed by atoms with Crippen LogP contribution in [0.15, 0.2) is 0 Å². The van der Waals surface area contributed by atoms with E-state index in [0.717, 1.165) is 51.7 Å². The molecule has 1 aliphatic carbocycles. The van der Waals surface area contributed by atoms with Gasteiger partial charge in [0.1, 0.15) is 0 Å². The number of carbonyl (C=O) groups excluding carboxylic acids is 2. The zero-order valence-corrected chi connectivity index (χ0v) is 14.9. The zero-order chi connectivity index (χ0) is 17.1. The first kappa shape index (κ1) is 17.7. The Morgan fingerprint density at radius 2 is 2.00 bits per heavy atom. The van der Waals surface area contributed by atoms with E-state index in [1.807, 2.05) is 4.90 Å². The molecule has 2 unspecified atom stereocenters. The summed E-state index contributed by atoms with van der Waals surface area (Å²) in [5.74, 6) is 0.0263. The van der Waals surface area contributed by atoms with Crippen molar-refractivity contribution in [3.63, 3.8) is 0 Å². The largest absolute Gasteiger partial charge is 0.353 e. The molecule has 0 radical (unpaired) electrons. The molecular weight excluding hydrogens is 304 g/mol. The second kappa shape index (κ2) is 7.83. The van der Waals surface area contributed by atoms with Crippen molar-refractivity contribution in [2.24, 2.45) is 11.7 Å². The lowest BCUT2D eigenvalue weighted by Gasteiger charge is -2.28. The van der Waals surface area contributed by atoms with Crippen LogP contribution in [0, 0.1) is 5.92 Å². The van der Waals surface area contributed by atoms with E-state index in [1.54, 1.807) is 0 Å². The van der Waals surface area contributed by atoms with Gasteiger partial charge in [0.25, 0.3) is 0 Å². The van der Waals surface area contributed by atoms with E-state index in [4.69, 9.17) is 5.73 Å². The van der Waals surface area contributed by atoms with Gasteiger partial charge in [-0.2, -0.15) is 0 Å². The molecule has 0 aromatic carbocycles. The summed E-state index contributed by atoms with van der Waals surface area (Å²) >= 11 is 0. The quantitative estimate of drug-likeness (QED) is 0.775. The molecule has 3 fully saturated rings. The third kappa shape index (κ3) is 4.09. The van der Waals surface area contributed by atoms with Crippen LogP contribution in [-0.2, 0) is 9.59 Å². The molecule has 2 heterocycles. The third-order valence-corrected chi connectivity index (χ3v) is 6.04. The molecule has 2 amide bonds. The summed E-state index contributed by atoms with van der Waals surface area (Å²) in [6.07, 6.45) is 6.64. The predicted octanol–water partition coefficient (Wildman–Crippen LogP) is 0.705. The highest BCUT2D eigenvalue weighted by Crippen LogP contribution is 2.24. The highest BCUT2D eigenvalue weighted by molar-refractivity contribution is 5.89. The zero-order valence-electron chi connectivity index (χ0n) is 14.9. The SMILES string of the molecule is CCN1CCCC1CN1CC(C(=O)NC2CCC(N)CC2)CC1=O. The number of hydrogen-bond donors (Lipinski definition) is 2. The molecule has 2 atom stereocenters. The van der Waals surface area contributed by atoms with E-state index in [1.165, 1.54) is 6.42 Å². The lowest BCUT2D eigenvalue weighted by Crippen LogP contribution is -2.44. The second-order valence-corrected chi connectivity index (χ2v) is 7.74. The van der Waals surface area contributed by atoms with E-state index >= 15 is 0 Å². The molecule has 6 heteroatoms. The summed E-state index contributed by atoms with van der Waals surface area (Å²) in [7, 11) is 0. The normalized spacial score (nSPS) is 34.8. The Bertz CT molecular complexity index is 462. The molecule has 0 aromatic rings. The fourth-order valence-corrected chi connectivity index (χ4v) is 4.48. The standard InChI is InChI=1S/C18H32N4O2/c1-2-21-9-3-4-16(21)12-22-11-13(10-17(22)23)18(24)20-15-7-5-14(19)6-8-15/h13-16H,2-12,19H2,1H3,(H,20,24). The van der Waals surface area contributed by atoms with E-state index < -0.39 is 0 Å². The van der Waals surface area contributed by atoms with Crippen LogP contribution in [0.4, 0.5) is 0 Å². The molecule has 2 saturated heterocycles. The molecule has 3 rings (SSSR count). The molecule has 1 saturated carbocycles. The highest BCUT2D eigenvalue weighted by atomic mass is 16.2. The minimum absolute atomic E-state index is 0.0603. The number of hydrogen-bond acceptors (Lipinski definition) is 4. The Morgan fingerprint density at radius 3 is 2.71 bits per heavy atom. The number of carbonyl (C=O) groups is 2. The Labute approximate surface area is 145 Å². The van der Waals surface area contributed by atoms with Gasteiger partial charge in [0.2, 0.25) is 11.8 Å². The van der Waals surface area contributed by atoms with Crippen molar-refractivity contribution in [1.29, 1.82) is 0 Å². The van der Waals surface area contributed by atoms with Crippen LogP contribution in [-0.4, -0.2) is 65.9 Å². The topological polar surface area (TPSA) is 78.7 Å². The van der Waals surface area contributed by atoms with Crippen molar-refractivity contribution < 1.29 is 9.59 Å². The summed E-state index contributed by atoms with van der Waals surface area (Å²) in [4.78, 5) is 29.2. The molecule has 2 aliphatic heterocycles. The maximum absolute atomic E-state index is 12.5. The van der Waals surface area contributed by atoms with Crippen LogP contribution in [0.25, 0.3) is 0 Å². The predicted molar refractivity (Wildman–Crippen MR) is 93.3 cm³/mol. The average Bonchev–Trinajstić information content (AvgIpc) is 3.17. The maximum Gasteiger partial charge on any atom is 0.225 e. The van der Waals surface area contributed by atoms with Gasteiger partial charge >= 0.3 is 0 Å². The maximum atomic E-state index is 12.5. The fourth-order valence-electron chi connectivity index (χ4n) is 4.48. The van der Waals surface area contributed by atoms with E-state index in [0.29, 0.717) is 19.0 Å². The summed E-state index contributed by atoms with van der Waals surface area (Å²) in [6.45, 7) is 5.73. The first-order valence-corrected chi connectivity index (χ1v) is 9.64. The summed E-state index contributed by atoms with van der Waals surface area (Å²) in [5, 5.41) is 3.15. The Morgan fingerprint density at radius 1 is 1.25 bits per heavy atom. The number of nitrogens with one attached hydrogen (secondary N) is 1. The van der Waals surface area contributed by atoms with Crippen molar-refractivity contribution in [2.45, 2.75) is 70.0 Å². The number of nitrogens with two attached hydrogens (primary N) is 1. The van der Waals surface area contributed by atoms with E-state index in [2.05, 4.69) is 17.1 Å². The number of amides is 2. The lowest BCUT2D eigenvalue weighted by molar-refractivity contribution is -0.129. The average molecular weight is 336 g/mol. The second-order valence-electron chi connectivity index (χ2n) is 7.74. The molecule has 6 nitrogen and oxygen atoms in total. The molecule has 0 aromatic heterocycles. The molecule has 0 bridgehead atoms. The smallest absolute Gasteiger partial charge is 0.225 e. The number of rotatable bonds is 5. The van der Waals surface area contributed by atoms with Crippen LogP contribution >= 0.6 is 0 Å². The number of likely N-dealkylation sites (N-methyl/N-ethyl adjacent to an activating group) is 1. The Kier molecular flexibility index (Phi) is 5.76. The van der Waals surface area contributed by atoms with Crippen molar-refractivity contribution in [3.05, 3.63) is 0 Å². The van der Waals surface area contributed by atoms with Gasteiger partial charge in [-0.25, -0.2) is 0 Å². The van der Waals surface area contributed by atoms with Crippen LogP contribution in [0.5, 0.6) is 0 Å². The van der Waals surface area contributed by atoms with Gasteiger partial charge in [-0.15, -0.1) is 0 Å². The molecule has 24 heavy (non-hydrogen) atoms. The molecular formula is C18H32N4O2. The van der Waals surface area contributed by atoms with Crippen LogP contribution in [0.1, 0.15) is 51.9 Å².